The molecular weight excluding hydrogens is 254 g/mol. The van der Waals surface area contributed by atoms with Gasteiger partial charge in [-0.15, -0.1) is 0 Å². The summed E-state index contributed by atoms with van der Waals surface area (Å²) in [6.07, 6.45) is 5.58. The van der Waals surface area contributed by atoms with E-state index in [-0.39, 0.29) is 12.0 Å². The fourth-order valence-corrected chi connectivity index (χ4v) is 2.23. The number of nitrogens with one attached hydrogen (secondary N) is 1. The Morgan fingerprint density at radius 1 is 1.55 bits per heavy atom. The summed E-state index contributed by atoms with van der Waals surface area (Å²) in [4.78, 5) is 11.8. The Morgan fingerprint density at radius 3 is 3.10 bits per heavy atom. The molecule has 1 N–H and O–H groups in total. The molecule has 1 saturated heterocycles. The maximum atomic E-state index is 11.8. The Bertz CT molecular complexity index is 490. The molecular formula is C16H21NO3. The van der Waals surface area contributed by atoms with Gasteiger partial charge in [0.1, 0.15) is 5.75 Å². The minimum absolute atomic E-state index is 0.107. The average molecular weight is 275 g/mol. The highest BCUT2D eigenvalue weighted by atomic mass is 16.5. The van der Waals surface area contributed by atoms with Gasteiger partial charge in [0.05, 0.1) is 13.2 Å². The molecule has 0 bridgehead atoms. The van der Waals surface area contributed by atoms with Crippen molar-refractivity contribution in [3.05, 3.63) is 35.4 Å². The van der Waals surface area contributed by atoms with Crippen molar-refractivity contribution in [2.75, 3.05) is 20.3 Å². The first-order valence-electron chi connectivity index (χ1n) is 6.91. The lowest BCUT2D eigenvalue weighted by atomic mass is 10.1. The van der Waals surface area contributed by atoms with Crippen LogP contribution in [-0.4, -0.2) is 32.3 Å². The second-order valence-electron chi connectivity index (χ2n) is 4.96. The monoisotopic (exact) mass is 275 g/mol. The van der Waals surface area contributed by atoms with Crippen LogP contribution in [0.1, 0.15) is 24.0 Å². The zero-order valence-corrected chi connectivity index (χ0v) is 12.0. The third kappa shape index (κ3) is 4.10. The molecule has 0 aliphatic carbocycles. The van der Waals surface area contributed by atoms with E-state index in [1.807, 2.05) is 25.1 Å². The van der Waals surface area contributed by atoms with E-state index in [1.165, 1.54) is 6.08 Å². The molecule has 1 aliphatic rings. The van der Waals surface area contributed by atoms with Crippen LogP contribution in [-0.2, 0) is 9.53 Å². The van der Waals surface area contributed by atoms with E-state index in [0.29, 0.717) is 6.54 Å². The first kappa shape index (κ1) is 14.6. The zero-order chi connectivity index (χ0) is 14.4. The predicted octanol–water partition coefficient (Wildman–Crippen LogP) is 2.31. The third-order valence-electron chi connectivity index (χ3n) is 3.33. The van der Waals surface area contributed by atoms with Gasteiger partial charge >= 0.3 is 0 Å². The number of ether oxygens (including phenoxy) is 2. The highest BCUT2D eigenvalue weighted by molar-refractivity contribution is 5.92. The molecule has 0 spiro atoms. The van der Waals surface area contributed by atoms with E-state index in [4.69, 9.17) is 9.47 Å². The number of carbonyl (C=O) groups is 1. The van der Waals surface area contributed by atoms with Gasteiger partial charge in [-0.25, -0.2) is 0 Å². The molecule has 20 heavy (non-hydrogen) atoms. The quantitative estimate of drug-likeness (QED) is 0.839. The lowest BCUT2D eigenvalue weighted by molar-refractivity contribution is -0.116. The van der Waals surface area contributed by atoms with Gasteiger partial charge in [-0.2, -0.15) is 0 Å². The van der Waals surface area contributed by atoms with Crippen molar-refractivity contribution in [1.82, 2.24) is 5.32 Å². The molecule has 1 fully saturated rings. The number of rotatable bonds is 5. The zero-order valence-electron chi connectivity index (χ0n) is 12.0. The fourth-order valence-electron chi connectivity index (χ4n) is 2.23. The van der Waals surface area contributed by atoms with Crippen LogP contribution in [0.15, 0.2) is 24.3 Å². The summed E-state index contributed by atoms with van der Waals surface area (Å²) in [7, 11) is 1.62. The molecule has 0 saturated carbocycles. The second kappa shape index (κ2) is 7.10. The SMILES string of the molecule is COc1ccc(C)cc1/C=C/C(=O)NCC1CCCO1. The van der Waals surface area contributed by atoms with Crippen LogP contribution in [0, 0.1) is 6.92 Å². The Labute approximate surface area is 119 Å². The highest BCUT2D eigenvalue weighted by Gasteiger charge is 2.15. The number of hydrogen-bond donors (Lipinski definition) is 1. The average Bonchev–Trinajstić information content (AvgIpc) is 2.96. The van der Waals surface area contributed by atoms with Crippen molar-refractivity contribution >= 4 is 12.0 Å². The largest absolute Gasteiger partial charge is 0.496 e. The third-order valence-corrected chi connectivity index (χ3v) is 3.33. The van der Waals surface area contributed by atoms with E-state index in [2.05, 4.69) is 5.32 Å². The molecule has 108 valence electrons. The number of benzene rings is 1. The van der Waals surface area contributed by atoms with E-state index < -0.39 is 0 Å². The molecule has 1 amide bonds. The summed E-state index contributed by atoms with van der Waals surface area (Å²) in [5.41, 5.74) is 2.03. The molecule has 1 aromatic rings. The summed E-state index contributed by atoms with van der Waals surface area (Å²) in [5.74, 6) is 0.655. The summed E-state index contributed by atoms with van der Waals surface area (Å²) >= 11 is 0. The summed E-state index contributed by atoms with van der Waals surface area (Å²) in [5, 5.41) is 2.86. The van der Waals surface area contributed by atoms with Crippen LogP contribution in [0.25, 0.3) is 6.08 Å². The molecule has 4 heteroatoms. The van der Waals surface area contributed by atoms with Crippen LogP contribution in [0.5, 0.6) is 5.75 Å². The maximum absolute atomic E-state index is 11.8. The molecule has 2 rings (SSSR count). The number of hydrogen-bond acceptors (Lipinski definition) is 3. The second-order valence-corrected chi connectivity index (χ2v) is 4.96. The molecule has 0 radical (unpaired) electrons. The number of methoxy groups -OCH3 is 1. The van der Waals surface area contributed by atoms with Crippen molar-refractivity contribution in [1.29, 1.82) is 0 Å². The maximum Gasteiger partial charge on any atom is 0.244 e. The first-order valence-corrected chi connectivity index (χ1v) is 6.91. The van der Waals surface area contributed by atoms with Crippen LogP contribution in [0.4, 0.5) is 0 Å². The normalized spacial score (nSPS) is 18.4. The van der Waals surface area contributed by atoms with Gasteiger partial charge in [-0.05, 0) is 38.0 Å². The number of aryl methyl sites for hydroxylation is 1. The predicted molar refractivity (Wildman–Crippen MR) is 78.7 cm³/mol. The lowest BCUT2D eigenvalue weighted by Gasteiger charge is -2.09. The Morgan fingerprint density at radius 2 is 2.40 bits per heavy atom. The van der Waals surface area contributed by atoms with Gasteiger partial charge in [-0.3, -0.25) is 4.79 Å². The van der Waals surface area contributed by atoms with Crippen molar-refractivity contribution in [2.45, 2.75) is 25.9 Å². The molecule has 1 aromatic carbocycles. The van der Waals surface area contributed by atoms with Crippen molar-refractivity contribution in [3.8, 4) is 5.75 Å². The van der Waals surface area contributed by atoms with Gasteiger partial charge in [0.2, 0.25) is 5.91 Å². The molecule has 1 heterocycles. The molecule has 1 aliphatic heterocycles. The van der Waals surface area contributed by atoms with Crippen LogP contribution < -0.4 is 10.1 Å². The minimum atomic E-state index is -0.107. The van der Waals surface area contributed by atoms with Gasteiger partial charge in [-0.1, -0.05) is 11.6 Å². The Balaban J connectivity index is 1.90. The van der Waals surface area contributed by atoms with E-state index >= 15 is 0 Å². The van der Waals surface area contributed by atoms with Crippen LogP contribution >= 0.6 is 0 Å². The van der Waals surface area contributed by atoms with Crippen molar-refractivity contribution < 1.29 is 14.3 Å². The fraction of sp³-hybridized carbons (Fsp3) is 0.438. The number of carbonyl (C=O) groups excluding carboxylic acids is 1. The standard InChI is InChI=1S/C16H21NO3/c1-12-5-7-15(19-2)13(10-12)6-8-16(18)17-11-14-4-3-9-20-14/h5-8,10,14H,3-4,9,11H2,1-2H3,(H,17,18)/b8-6+. The summed E-state index contributed by atoms with van der Waals surface area (Å²) in [6, 6.07) is 5.87. The van der Waals surface area contributed by atoms with E-state index in [1.54, 1.807) is 13.2 Å². The minimum Gasteiger partial charge on any atom is -0.496 e. The Hall–Kier alpha value is -1.81. The van der Waals surface area contributed by atoms with Crippen LogP contribution in [0.2, 0.25) is 0 Å². The van der Waals surface area contributed by atoms with Crippen molar-refractivity contribution in [2.24, 2.45) is 0 Å². The van der Waals surface area contributed by atoms with Gasteiger partial charge in [0.25, 0.3) is 0 Å². The van der Waals surface area contributed by atoms with Crippen LogP contribution in [0.3, 0.4) is 0 Å². The number of amides is 1. The summed E-state index contributed by atoms with van der Waals surface area (Å²) in [6.45, 7) is 3.39. The molecule has 1 atom stereocenters. The smallest absolute Gasteiger partial charge is 0.244 e. The van der Waals surface area contributed by atoms with Gasteiger partial charge < -0.3 is 14.8 Å². The van der Waals surface area contributed by atoms with Crippen molar-refractivity contribution in [3.63, 3.8) is 0 Å². The van der Waals surface area contributed by atoms with Gasteiger partial charge in [0.15, 0.2) is 0 Å². The lowest BCUT2D eigenvalue weighted by Crippen LogP contribution is -2.30. The van der Waals surface area contributed by atoms with E-state index in [0.717, 1.165) is 36.3 Å². The molecule has 1 unspecified atom stereocenters. The van der Waals surface area contributed by atoms with E-state index in [9.17, 15) is 4.79 Å². The van der Waals surface area contributed by atoms with Gasteiger partial charge in [0, 0.05) is 24.8 Å². The highest BCUT2D eigenvalue weighted by Crippen LogP contribution is 2.20. The molecule has 0 aromatic heterocycles. The topological polar surface area (TPSA) is 47.6 Å². The molecule has 4 nitrogen and oxygen atoms in total. The first-order chi connectivity index (χ1) is 9.69. The Kier molecular flexibility index (Phi) is 5.18. The summed E-state index contributed by atoms with van der Waals surface area (Å²) < 4.78 is 10.7.